The van der Waals surface area contributed by atoms with E-state index in [0.717, 1.165) is 0 Å². The van der Waals surface area contributed by atoms with Gasteiger partial charge in [-0.1, -0.05) is 23.7 Å². The Balaban J connectivity index is 2.22. The molecule has 0 saturated heterocycles. The fourth-order valence-corrected chi connectivity index (χ4v) is 2.66. The highest BCUT2D eigenvalue weighted by atomic mass is 35.5. The Morgan fingerprint density at radius 3 is 2.88 bits per heavy atom. The zero-order valence-corrected chi connectivity index (χ0v) is 14.2. The lowest BCUT2D eigenvalue weighted by Crippen LogP contribution is -2.09. The van der Waals surface area contributed by atoms with Crippen LogP contribution in [0, 0.1) is 11.3 Å². The molecule has 6 heteroatoms. The molecule has 3 rings (SSSR count). The lowest BCUT2D eigenvalue weighted by molar-refractivity contribution is 0.0527. The van der Waals surface area contributed by atoms with Crippen molar-refractivity contribution < 1.29 is 9.53 Å². The van der Waals surface area contributed by atoms with E-state index in [1.807, 2.05) is 6.07 Å². The van der Waals surface area contributed by atoms with Crippen molar-refractivity contribution in [1.29, 1.82) is 5.26 Å². The second-order valence-electron chi connectivity index (χ2n) is 5.21. The highest BCUT2D eigenvalue weighted by molar-refractivity contribution is 6.31. The SMILES string of the molecule is CCOC(=O)c1cnc2ccc(Cl)cc2c1Nc1ccccc1C#N. The third kappa shape index (κ3) is 3.39. The van der Waals surface area contributed by atoms with E-state index < -0.39 is 5.97 Å². The summed E-state index contributed by atoms with van der Waals surface area (Å²) in [5.74, 6) is -0.492. The number of pyridine rings is 1. The van der Waals surface area contributed by atoms with Crippen molar-refractivity contribution in [3.63, 3.8) is 0 Å². The van der Waals surface area contributed by atoms with Crippen LogP contribution in [-0.4, -0.2) is 17.6 Å². The van der Waals surface area contributed by atoms with Gasteiger partial charge in [0, 0.05) is 16.6 Å². The van der Waals surface area contributed by atoms with Crippen LogP contribution in [0.15, 0.2) is 48.7 Å². The number of carbonyl (C=O) groups is 1. The van der Waals surface area contributed by atoms with Gasteiger partial charge in [-0.05, 0) is 37.3 Å². The van der Waals surface area contributed by atoms with Crippen LogP contribution >= 0.6 is 11.6 Å². The molecular formula is C19H14ClN3O2. The lowest BCUT2D eigenvalue weighted by Gasteiger charge is -2.15. The number of esters is 1. The van der Waals surface area contributed by atoms with E-state index in [0.29, 0.717) is 32.9 Å². The predicted octanol–water partition coefficient (Wildman–Crippen LogP) is 4.68. The molecule has 0 aliphatic rings. The minimum absolute atomic E-state index is 0.251. The van der Waals surface area contributed by atoms with Crippen LogP contribution in [0.1, 0.15) is 22.8 Å². The van der Waals surface area contributed by atoms with Gasteiger partial charge >= 0.3 is 5.97 Å². The van der Waals surface area contributed by atoms with Crippen LogP contribution in [0.5, 0.6) is 0 Å². The predicted molar refractivity (Wildman–Crippen MR) is 97.1 cm³/mol. The molecule has 2 aromatic carbocycles. The van der Waals surface area contributed by atoms with Gasteiger partial charge in [-0.2, -0.15) is 5.26 Å². The molecule has 0 aliphatic heterocycles. The van der Waals surface area contributed by atoms with Crippen LogP contribution < -0.4 is 5.32 Å². The summed E-state index contributed by atoms with van der Waals surface area (Å²) in [6.07, 6.45) is 1.46. The Labute approximate surface area is 149 Å². The first-order valence-electron chi connectivity index (χ1n) is 7.65. The van der Waals surface area contributed by atoms with Crippen LogP contribution in [0.25, 0.3) is 10.9 Å². The van der Waals surface area contributed by atoms with Gasteiger partial charge < -0.3 is 10.1 Å². The molecule has 0 atom stereocenters. The lowest BCUT2D eigenvalue weighted by atomic mass is 10.1. The molecular weight excluding hydrogens is 338 g/mol. The van der Waals surface area contributed by atoms with E-state index >= 15 is 0 Å². The monoisotopic (exact) mass is 351 g/mol. The Hall–Kier alpha value is -3.10. The summed E-state index contributed by atoms with van der Waals surface area (Å²) in [5.41, 5.74) is 2.51. The number of nitrogens with zero attached hydrogens (tertiary/aromatic N) is 2. The van der Waals surface area contributed by atoms with Crippen LogP contribution in [0.2, 0.25) is 5.02 Å². The Morgan fingerprint density at radius 1 is 1.32 bits per heavy atom. The largest absolute Gasteiger partial charge is 0.462 e. The Bertz CT molecular complexity index is 996. The van der Waals surface area contributed by atoms with Gasteiger partial charge in [0.2, 0.25) is 0 Å². The topological polar surface area (TPSA) is 75.0 Å². The fourth-order valence-electron chi connectivity index (χ4n) is 2.49. The minimum atomic E-state index is -0.492. The molecule has 124 valence electrons. The molecule has 0 radical (unpaired) electrons. The summed E-state index contributed by atoms with van der Waals surface area (Å²) in [7, 11) is 0. The number of anilines is 2. The first-order valence-corrected chi connectivity index (χ1v) is 8.03. The fraction of sp³-hybridized carbons (Fsp3) is 0.105. The van der Waals surface area contributed by atoms with Crippen molar-refractivity contribution in [3.8, 4) is 6.07 Å². The van der Waals surface area contributed by atoms with Gasteiger partial charge in [0.25, 0.3) is 0 Å². The first-order chi connectivity index (χ1) is 12.1. The number of hydrogen-bond acceptors (Lipinski definition) is 5. The van der Waals surface area contributed by atoms with Gasteiger partial charge in [-0.15, -0.1) is 0 Å². The standard InChI is InChI=1S/C19H14ClN3O2/c1-2-25-19(24)15-11-22-17-8-7-13(20)9-14(17)18(15)23-16-6-4-3-5-12(16)10-21/h3-9,11H,2H2,1H3,(H,22,23). The van der Waals surface area contributed by atoms with E-state index in [1.54, 1.807) is 43.3 Å². The highest BCUT2D eigenvalue weighted by Crippen LogP contribution is 2.32. The summed E-state index contributed by atoms with van der Waals surface area (Å²) in [5, 5.41) is 13.7. The van der Waals surface area contributed by atoms with E-state index in [1.165, 1.54) is 6.20 Å². The van der Waals surface area contributed by atoms with Crippen molar-refractivity contribution in [3.05, 3.63) is 64.8 Å². The maximum Gasteiger partial charge on any atom is 0.341 e. The van der Waals surface area contributed by atoms with Crippen molar-refractivity contribution in [1.82, 2.24) is 4.98 Å². The smallest absolute Gasteiger partial charge is 0.341 e. The molecule has 5 nitrogen and oxygen atoms in total. The molecule has 1 N–H and O–H groups in total. The van der Waals surface area contributed by atoms with Gasteiger partial charge in [0.15, 0.2) is 0 Å². The maximum atomic E-state index is 12.3. The number of fused-ring (bicyclic) bond motifs is 1. The Kier molecular flexibility index (Phi) is 4.82. The van der Waals surface area contributed by atoms with Crippen LogP contribution in [0.4, 0.5) is 11.4 Å². The van der Waals surface area contributed by atoms with Gasteiger partial charge in [0.1, 0.15) is 11.6 Å². The molecule has 0 bridgehead atoms. The zero-order valence-electron chi connectivity index (χ0n) is 13.4. The number of benzene rings is 2. The number of ether oxygens (including phenoxy) is 1. The summed E-state index contributed by atoms with van der Waals surface area (Å²) in [6, 6.07) is 14.4. The number of para-hydroxylation sites is 1. The molecule has 0 aliphatic carbocycles. The highest BCUT2D eigenvalue weighted by Gasteiger charge is 2.18. The van der Waals surface area contributed by atoms with Gasteiger partial charge in [-0.25, -0.2) is 4.79 Å². The zero-order chi connectivity index (χ0) is 17.8. The molecule has 1 heterocycles. The first kappa shape index (κ1) is 16.7. The molecule has 0 fully saturated rings. The minimum Gasteiger partial charge on any atom is -0.462 e. The number of rotatable bonds is 4. The van der Waals surface area contributed by atoms with Crippen LogP contribution in [-0.2, 0) is 4.74 Å². The van der Waals surface area contributed by atoms with Crippen molar-refractivity contribution in [2.75, 3.05) is 11.9 Å². The molecule has 0 spiro atoms. The summed E-state index contributed by atoms with van der Waals surface area (Å²) in [6.45, 7) is 1.99. The van der Waals surface area contributed by atoms with E-state index in [-0.39, 0.29) is 12.2 Å². The second kappa shape index (κ2) is 7.20. The summed E-state index contributed by atoms with van der Waals surface area (Å²) in [4.78, 5) is 16.6. The van der Waals surface area contributed by atoms with Gasteiger partial charge in [0.05, 0.1) is 29.1 Å². The van der Waals surface area contributed by atoms with Crippen LogP contribution in [0.3, 0.4) is 0 Å². The number of halogens is 1. The van der Waals surface area contributed by atoms with Crippen molar-refractivity contribution in [2.45, 2.75) is 6.92 Å². The molecule has 1 aromatic heterocycles. The second-order valence-corrected chi connectivity index (χ2v) is 5.65. The number of nitrogens with one attached hydrogen (secondary N) is 1. The number of aromatic nitrogens is 1. The van der Waals surface area contributed by atoms with Gasteiger partial charge in [-0.3, -0.25) is 4.98 Å². The third-order valence-electron chi connectivity index (χ3n) is 3.63. The van der Waals surface area contributed by atoms with E-state index in [2.05, 4.69) is 16.4 Å². The normalized spacial score (nSPS) is 10.3. The molecule has 0 amide bonds. The Morgan fingerprint density at radius 2 is 2.12 bits per heavy atom. The third-order valence-corrected chi connectivity index (χ3v) is 3.87. The average Bonchev–Trinajstić information content (AvgIpc) is 2.62. The average molecular weight is 352 g/mol. The van der Waals surface area contributed by atoms with Crippen molar-refractivity contribution >= 4 is 39.8 Å². The summed E-state index contributed by atoms with van der Waals surface area (Å²) >= 11 is 6.12. The molecule has 3 aromatic rings. The quantitative estimate of drug-likeness (QED) is 0.691. The summed E-state index contributed by atoms with van der Waals surface area (Å²) < 4.78 is 5.13. The van der Waals surface area contributed by atoms with Crippen molar-refractivity contribution in [2.24, 2.45) is 0 Å². The number of nitriles is 1. The molecule has 25 heavy (non-hydrogen) atoms. The molecule has 0 unspecified atom stereocenters. The number of hydrogen-bond donors (Lipinski definition) is 1. The van der Waals surface area contributed by atoms with E-state index in [9.17, 15) is 10.1 Å². The number of carbonyl (C=O) groups excluding carboxylic acids is 1. The van der Waals surface area contributed by atoms with E-state index in [4.69, 9.17) is 16.3 Å². The maximum absolute atomic E-state index is 12.3. The molecule has 0 saturated carbocycles.